The molecule has 0 N–H and O–H groups in total. The number of hydrogen-bond acceptors (Lipinski definition) is 5. The van der Waals surface area contributed by atoms with Gasteiger partial charge in [0.2, 0.25) is 5.89 Å². The lowest BCUT2D eigenvalue weighted by Crippen LogP contribution is -1.89. The topological polar surface area (TPSA) is 51.8 Å². The third-order valence-electron chi connectivity index (χ3n) is 4.06. The molecule has 0 fully saturated rings. The summed E-state index contributed by atoms with van der Waals surface area (Å²) in [6, 6.07) is 14.4. The van der Waals surface area contributed by atoms with E-state index in [1.165, 1.54) is 11.1 Å². The van der Waals surface area contributed by atoms with E-state index in [2.05, 4.69) is 53.3 Å². The zero-order valence-corrected chi connectivity index (χ0v) is 14.9. The van der Waals surface area contributed by atoms with Crippen molar-refractivity contribution in [3.8, 4) is 11.5 Å². The van der Waals surface area contributed by atoms with Crippen LogP contribution >= 0.6 is 11.8 Å². The normalized spacial score (nSPS) is 11.1. The average molecular weight is 347 g/mol. The molecular formula is C20H17N3OS. The van der Waals surface area contributed by atoms with E-state index in [-0.39, 0.29) is 0 Å². The minimum absolute atomic E-state index is 0.664. The van der Waals surface area contributed by atoms with E-state index in [0.717, 1.165) is 27.1 Å². The molecule has 0 amide bonds. The van der Waals surface area contributed by atoms with Crippen LogP contribution in [0.2, 0.25) is 0 Å². The van der Waals surface area contributed by atoms with Gasteiger partial charge >= 0.3 is 0 Å². The molecule has 2 aromatic heterocycles. The van der Waals surface area contributed by atoms with Gasteiger partial charge in [0.25, 0.3) is 0 Å². The second-order valence-electron chi connectivity index (χ2n) is 5.99. The lowest BCUT2D eigenvalue weighted by Gasteiger charge is -2.03. The summed E-state index contributed by atoms with van der Waals surface area (Å²) < 4.78 is 5.69. The van der Waals surface area contributed by atoms with Crippen LogP contribution < -0.4 is 0 Å². The number of oxazole rings is 1. The quantitative estimate of drug-likeness (QED) is 0.475. The van der Waals surface area contributed by atoms with Gasteiger partial charge < -0.3 is 4.42 Å². The predicted octanol–water partition coefficient (Wildman–Crippen LogP) is 5.19. The molecule has 2 heterocycles. The van der Waals surface area contributed by atoms with Crippen LogP contribution in [0, 0.1) is 13.8 Å². The molecule has 0 atom stereocenters. The molecule has 4 nitrogen and oxygen atoms in total. The summed E-state index contributed by atoms with van der Waals surface area (Å²) in [6.07, 6.45) is 3.51. The molecule has 0 aliphatic heterocycles. The van der Waals surface area contributed by atoms with Gasteiger partial charge in [0.1, 0.15) is 11.3 Å². The number of aromatic nitrogens is 3. The van der Waals surface area contributed by atoms with Crippen molar-refractivity contribution in [3.63, 3.8) is 0 Å². The van der Waals surface area contributed by atoms with Crippen molar-refractivity contribution < 1.29 is 4.42 Å². The average Bonchev–Trinajstić information content (AvgIpc) is 3.08. The first-order chi connectivity index (χ1) is 12.2. The van der Waals surface area contributed by atoms with Crippen molar-refractivity contribution >= 4 is 22.5 Å². The summed E-state index contributed by atoms with van der Waals surface area (Å²) in [5.74, 6) is 1.36. The first kappa shape index (κ1) is 15.8. The summed E-state index contributed by atoms with van der Waals surface area (Å²) in [6.45, 7) is 4.16. The summed E-state index contributed by atoms with van der Waals surface area (Å²) in [5, 5.41) is 11.5. The Morgan fingerprint density at radius 3 is 2.84 bits per heavy atom. The predicted molar refractivity (Wildman–Crippen MR) is 101 cm³/mol. The monoisotopic (exact) mass is 347 g/mol. The highest BCUT2D eigenvalue weighted by Gasteiger charge is 2.11. The Morgan fingerprint density at radius 1 is 1.08 bits per heavy atom. The Balaban J connectivity index is 1.55. The number of rotatable bonds is 4. The number of nitrogens with zero attached hydrogens (tertiary/aromatic N) is 3. The number of hydrogen-bond donors (Lipinski definition) is 0. The number of aryl methyl sites for hydroxylation is 2. The lowest BCUT2D eigenvalue weighted by atomic mass is 10.1. The molecule has 0 saturated carbocycles. The summed E-state index contributed by atoms with van der Waals surface area (Å²) in [5.41, 5.74) is 4.33. The van der Waals surface area contributed by atoms with Crippen LogP contribution in [-0.2, 0) is 5.75 Å². The fourth-order valence-electron chi connectivity index (χ4n) is 2.80. The molecule has 25 heavy (non-hydrogen) atoms. The van der Waals surface area contributed by atoms with Crippen molar-refractivity contribution in [2.24, 2.45) is 0 Å². The third kappa shape index (κ3) is 3.28. The first-order valence-electron chi connectivity index (χ1n) is 8.06. The van der Waals surface area contributed by atoms with Crippen molar-refractivity contribution in [1.29, 1.82) is 0 Å². The van der Waals surface area contributed by atoms with Gasteiger partial charge in [-0.05, 0) is 25.5 Å². The molecule has 5 heteroatoms. The van der Waals surface area contributed by atoms with E-state index < -0.39 is 0 Å². The first-order valence-corrected chi connectivity index (χ1v) is 9.04. The highest BCUT2D eigenvalue weighted by Crippen LogP contribution is 2.29. The zero-order valence-electron chi connectivity index (χ0n) is 14.1. The van der Waals surface area contributed by atoms with Crippen molar-refractivity contribution in [1.82, 2.24) is 15.2 Å². The SMILES string of the molecule is Cc1ccc(-c2nc(CSc3nncc4ccccc34)co2)c(C)c1. The third-order valence-corrected chi connectivity index (χ3v) is 5.07. The lowest BCUT2D eigenvalue weighted by molar-refractivity contribution is 0.573. The molecule has 2 aromatic carbocycles. The van der Waals surface area contributed by atoms with Gasteiger partial charge in [0.15, 0.2) is 0 Å². The van der Waals surface area contributed by atoms with Crippen LogP contribution in [0.25, 0.3) is 22.2 Å². The molecule has 0 saturated heterocycles. The minimum atomic E-state index is 0.664. The Morgan fingerprint density at radius 2 is 1.96 bits per heavy atom. The van der Waals surface area contributed by atoms with Gasteiger partial charge in [-0.3, -0.25) is 0 Å². The van der Waals surface area contributed by atoms with E-state index in [9.17, 15) is 0 Å². The maximum absolute atomic E-state index is 5.69. The maximum atomic E-state index is 5.69. The highest BCUT2D eigenvalue weighted by molar-refractivity contribution is 7.98. The molecule has 0 bridgehead atoms. The van der Waals surface area contributed by atoms with E-state index >= 15 is 0 Å². The van der Waals surface area contributed by atoms with Gasteiger partial charge in [-0.1, -0.05) is 53.7 Å². The Hall–Kier alpha value is -2.66. The molecule has 0 aliphatic rings. The van der Waals surface area contributed by atoms with Crippen LogP contribution in [0.5, 0.6) is 0 Å². The molecule has 4 rings (SSSR count). The largest absolute Gasteiger partial charge is 0.444 e. The summed E-state index contributed by atoms with van der Waals surface area (Å²) in [7, 11) is 0. The number of thioether (sulfide) groups is 1. The molecule has 0 spiro atoms. The fraction of sp³-hybridized carbons (Fsp3) is 0.150. The van der Waals surface area contributed by atoms with Crippen LogP contribution in [0.4, 0.5) is 0 Å². The van der Waals surface area contributed by atoms with E-state index in [0.29, 0.717) is 11.6 Å². The van der Waals surface area contributed by atoms with Crippen molar-refractivity contribution in [2.45, 2.75) is 24.6 Å². The van der Waals surface area contributed by atoms with E-state index in [4.69, 9.17) is 4.42 Å². The van der Waals surface area contributed by atoms with Gasteiger partial charge in [-0.25, -0.2) is 4.98 Å². The Bertz CT molecular complexity index is 1040. The standard InChI is InChI=1S/C20H17N3OS/c1-13-7-8-17(14(2)9-13)19-22-16(11-24-19)12-25-20-18-6-4-3-5-15(18)10-21-23-20/h3-11H,12H2,1-2H3. The van der Waals surface area contributed by atoms with Gasteiger partial charge in [0.05, 0.1) is 11.9 Å². The highest BCUT2D eigenvalue weighted by atomic mass is 32.2. The van der Waals surface area contributed by atoms with Crippen LogP contribution in [0.1, 0.15) is 16.8 Å². The summed E-state index contributed by atoms with van der Waals surface area (Å²) >= 11 is 1.62. The maximum Gasteiger partial charge on any atom is 0.226 e. The summed E-state index contributed by atoms with van der Waals surface area (Å²) in [4.78, 5) is 4.63. The van der Waals surface area contributed by atoms with Crippen LogP contribution in [0.15, 0.2) is 64.4 Å². The second-order valence-corrected chi connectivity index (χ2v) is 6.95. The van der Waals surface area contributed by atoms with Crippen LogP contribution in [0.3, 0.4) is 0 Å². The number of benzene rings is 2. The zero-order chi connectivity index (χ0) is 17.2. The van der Waals surface area contributed by atoms with E-state index in [1.807, 2.05) is 18.2 Å². The molecule has 4 aromatic rings. The van der Waals surface area contributed by atoms with E-state index in [1.54, 1.807) is 24.2 Å². The van der Waals surface area contributed by atoms with Gasteiger partial charge in [0, 0.05) is 22.1 Å². The Kier molecular flexibility index (Phi) is 4.24. The molecule has 0 aliphatic carbocycles. The minimum Gasteiger partial charge on any atom is -0.444 e. The van der Waals surface area contributed by atoms with Gasteiger partial charge in [-0.15, -0.1) is 5.10 Å². The second kappa shape index (κ2) is 6.69. The fourth-order valence-corrected chi connectivity index (χ4v) is 3.66. The van der Waals surface area contributed by atoms with Crippen LogP contribution in [-0.4, -0.2) is 15.2 Å². The molecular weight excluding hydrogens is 330 g/mol. The molecule has 124 valence electrons. The van der Waals surface area contributed by atoms with Gasteiger partial charge in [-0.2, -0.15) is 5.10 Å². The molecule has 0 radical (unpaired) electrons. The molecule has 0 unspecified atom stereocenters. The van der Waals surface area contributed by atoms with Crippen molar-refractivity contribution in [3.05, 3.63) is 71.7 Å². The number of fused-ring (bicyclic) bond motifs is 1. The smallest absolute Gasteiger partial charge is 0.226 e. The van der Waals surface area contributed by atoms with Crippen molar-refractivity contribution in [2.75, 3.05) is 0 Å². The Labute approximate surface area is 150 Å².